The zero-order valence-electron chi connectivity index (χ0n) is 14.1. The first-order chi connectivity index (χ1) is 11.8. The normalized spacial score (nSPS) is 14.7. The molecule has 0 aliphatic carbocycles. The van der Waals surface area contributed by atoms with E-state index in [0.717, 1.165) is 44.0 Å². The Bertz CT molecular complexity index is 649. The van der Waals surface area contributed by atoms with Crippen LogP contribution in [0.25, 0.3) is 0 Å². The highest BCUT2D eigenvalue weighted by Gasteiger charge is 2.22. The molecule has 0 radical (unpaired) electrons. The van der Waals surface area contributed by atoms with Crippen LogP contribution >= 0.6 is 11.3 Å². The standard InChI is InChI=1S/C19H24N2O2S/c1-2-23-18-6-4-3-5-17(18)20-10-12-21(13-11-20)19(22)8-7-16-9-14-24-15-16/h3-6,9,14-15H,2,7-8,10-13H2,1H3. The number of piperazine rings is 1. The third kappa shape index (κ3) is 4.09. The van der Waals surface area contributed by atoms with Crippen LogP contribution < -0.4 is 9.64 Å². The first-order valence-electron chi connectivity index (χ1n) is 8.53. The molecule has 5 heteroatoms. The lowest BCUT2D eigenvalue weighted by molar-refractivity contribution is -0.131. The Morgan fingerprint density at radius 3 is 2.67 bits per heavy atom. The van der Waals surface area contributed by atoms with Crippen LogP contribution in [0.15, 0.2) is 41.1 Å². The van der Waals surface area contributed by atoms with Gasteiger partial charge in [0.1, 0.15) is 5.75 Å². The van der Waals surface area contributed by atoms with Crippen LogP contribution in [0.5, 0.6) is 5.75 Å². The molecule has 0 bridgehead atoms. The van der Waals surface area contributed by atoms with Crippen molar-refractivity contribution in [3.05, 3.63) is 46.7 Å². The van der Waals surface area contributed by atoms with E-state index in [1.54, 1.807) is 11.3 Å². The van der Waals surface area contributed by atoms with Gasteiger partial charge in [-0.25, -0.2) is 0 Å². The maximum absolute atomic E-state index is 12.4. The number of carbonyl (C=O) groups is 1. The average Bonchev–Trinajstić information content (AvgIpc) is 3.14. The van der Waals surface area contributed by atoms with Crippen molar-refractivity contribution in [1.82, 2.24) is 4.90 Å². The summed E-state index contributed by atoms with van der Waals surface area (Å²) in [6, 6.07) is 10.2. The Morgan fingerprint density at radius 1 is 1.17 bits per heavy atom. The number of aryl methyl sites for hydroxylation is 1. The minimum atomic E-state index is 0.263. The summed E-state index contributed by atoms with van der Waals surface area (Å²) < 4.78 is 5.72. The quantitative estimate of drug-likeness (QED) is 0.805. The van der Waals surface area contributed by atoms with Crippen molar-refractivity contribution in [2.45, 2.75) is 19.8 Å². The first-order valence-corrected chi connectivity index (χ1v) is 9.48. The summed E-state index contributed by atoms with van der Waals surface area (Å²) in [6.45, 7) is 5.94. The molecule has 3 rings (SSSR count). The summed E-state index contributed by atoms with van der Waals surface area (Å²) in [5, 5.41) is 4.18. The van der Waals surface area contributed by atoms with Gasteiger partial charge in [-0.1, -0.05) is 12.1 Å². The second-order valence-electron chi connectivity index (χ2n) is 5.90. The van der Waals surface area contributed by atoms with Crippen LogP contribution in [0.4, 0.5) is 5.69 Å². The lowest BCUT2D eigenvalue weighted by atomic mass is 10.1. The van der Waals surface area contributed by atoms with Gasteiger partial charge >= 0.3 is 0 Å². The smallest absolute Gasteiger partial charge is 0.223 e. The number of rotatable bonds is 6. The molecule has 4 nitrogen and oxygen atoms in total. The van der Waals surface area contributed by atoms with E-state index < -0.39 is 0 Å². The molecule has 0 N–H and O–H groups in total. The largest absolute Gasteiger partial charge is 0.492 e. The summed E-state index contributed by atoms with van der Waals surface area (Å²) >= 11 is 1.69. The summed E-state index contributed by atoms with van der Waals surface area (Å²) in [6.07, 6.45) is 1.45. The number of anilines is 1. The number of carbonyl (C=O) groups excluding carboxylic acids is 1. The monoisotopic (exact) mass is 344 g/mol. The predicted octanol–water partition coefficient (Wildman–Crippen LogP) is 3.43. The molecule has 1 amide bonds. The van der Waals surface area contributed by atoms with Gasteiger partial charge < -0.3 is 14.5 Å². The van der Waals surface area contributed by atoms with E-state index in [1.165, 1.54) is 5.56 Å². The maximum Gasteiger partial charge on any atom is 0.223 e. The summed E-state index contributed by atoms with van der Waals surface area (Å²) in [4.78, 5) is 16.7. The number of hydrogen-bond donors (Lipinski definition) is 0. The van der Waals surface area contributed by atoms with Gasteiger partial charge in [0.2, 0.25) is 5.91 Å². The minimum absolute atomic E-state index is 0.263. The van der Waals surface area contributed by atoms with E-state index in [4.69, 9.17) is 4.74 Å². The Labute approximate surface area is 147 Å². The fourth-order valence-corrected chi connectivity index (χ4v) is 3.74. The number of benzene rings is 1. The maximum atomic E-state index is 12.4. The fraction of sp³-hybridized carbons (Fsp3) is 0.421. The van der Waals surface area contributed by atoms with Gasteiger partial charge in [-0.05, 0) is 47.9 Å². The van der Waals surface area contributed by atoms with Crippen molar-refractivity contribution >= 4 is 22.9 Å². The highest BCUT2D eigenvalue weighted by atomic mass is 32.1. The molecule has 0 spiro atoms. The molecule has 1 aromatic carbocycles. The van der Waals surface area contributed by atoms with E-state index in [0.29, 0.717) is 13.0 Å². The molecule has 1 saturated heterocycles. The Hall–Kier alpha value is -2.01. The minimum Gasteiger partial charge on any atom is -0.492 e. The van der Waals surface area contributed by atoms with E-state index in [2.05, 4.69) is 27.8 Å². The number of thiophene rings is 1. The van der Waals surface area contributed by atoms with Gasteiger partial charge in [0.15, 0.2) is 0 Å². The summed E-state index contributed by atoms with van der Waals surface area (Å²) in [5.41, 5.74) is 2.39. The lowest BCUT2D eigenvalue weighted by Crippen LogP contribution is -2.49. The van der Waals surface area contributed by atoms with Gasteiger partial charge in [0.05, 0.1) is 12.3 Å². The molecule has 2 heterocycles. The highest BCUT2D eigenvalue weighted by Crippen LogP contribution is 2.28. The number of ether oxygens (including phenoxy) is 1. The van der Waals surface area contributed by atoms with Gasteiger partial charge in [-0.2, -0.15) is 11.3 Å². The van der Waals surface area contributed by atoms with E-state index in [9.17, 15) is 4.79 Å². The first kappa shape index (κ1) is 16.8. The van der Waals surface area contributed by atoms with Crippen LogP contribution in [0.3, 0.4) is 0 Å². The molecular weight excluding hydrogens is 320 g/mol. The van der Waals surface area contributed by atoms with E-state index >= 15 is 0 Å². The van der Waals surface area contributed by atoms with Crippen molar-refractivity contribution in [2.75, 3.05) is 37.7 Å². The topological polar surface area (TPSA) is 32.8 Å². The van der Waals surface area contributed by atoms with Crippen molar-refractivity contribution in [3.8, 4) is 5.75 Å². The molecule has 1 aromatic heterocycles. The average molecular weight is 344 g/mol. The SMILES string of the molecule is CCOc1ccccc1N1CCN(C(=O)CCc2ccsc2)CC1. The molecule has 0 unspecified atom stereocenters. The van der Waals surface area contributed by atoms with Crippen molar-refractivity contribution < 1.29 is 9.53 Å². The van der Waals surface area contributed by atoms with Gasteiger partial charge in [-0.15, -0.1) is 0 Å². The lowest BCUT2D eigenvalue weighted by Gasteiger charge is -2.36. The van der Waals surface area contributed by atoms with E-state index in [-0.39, 0.29) is 5.91 Å². The highest BCUT2D eigenvalue weighted by molar-refractivity contribution is 7.07. The van der Waals surface area contributed by atoms with Crippen molar-refractivity contribution in [2.24, 2.45) is 0 Å². The molecule has 2 aromatic rings. The number of amides is 1. The Kier molecular flexibility index (Phi) is 5.75. The molecule has 1 aliphatic heterocycles. The zero-order valence-corrected chi connectivity index (χ0v) is 14.9. The number of nitrogens with zero attached hydrogens (tertiary/aromatic N) is 2. The second-order valence-corrected chi connectivity index (χ2v) is 6.68. The molecular formula is C19H24N2O2S. The number of para-hydroxylation sites is 2. The molecule has 1 aliphatic rings. The van der Waals surface area contributed by atoms with Crippen molar-refractivity contribution in [1.29, 1.82) is 0 Å². The zero-order chi connectivity index (χ0) is 16.8. The third-order valence-electron chi connectivity index (χ3n) is 4.35. The number of hydrogen-bond acceptors (Lipinski definition) is 4. The fourth-order valence-electron chi connectivity index (χ4n) is 3.04. The van der Waals surface area contributed by atoms with Crippen LogP contribution in [0.2, 0.25) is 0 Å². The van der Waals surface area contributed by atoms with Gasteiger partial charge in [0, 0.05) is 32.6 Å². The summed E-state index contributed by atoms with van der Waals surface area (Å²) in [5.74, 6) is 1.19. The molecule has 128 valence electrons. The van der Waals surface area contributed by atoms with Gasteiger partial charge in [-0.3, -0.25) is 4.79 Å². The third-order valence-corrected chi connectivity index (χ3v) is 5.08. The van der Waals surface area contributed by atoms with Crippen LogP contribution in [-0.4, -0.2) is 43.6 Å². The van der Waals surface area contributed by atoms with Gasteiger partial charge in [0.25, 0.3) is 0 Å². The Balaban J connectivity index is 1.53. The summed E-state index contributed by atoms with van der Waals surface area (Å²) in [7, 11) is 0. The van der Waals surface area contributed by atoms with Crippen LogP contribution in [0, 0.1) is 0 Å². The molecule has 0 saturated carbocycles. The van der Waals surface area contributed by atoms with Crippen molar-refractivity contribution in [3.63, 3.8) is 0 Å². The van der Waals surface area contributed by atoms with Crippen LogP contribution in [-0.2, 0) is 11.2 Å². The molecule has 24 heavy (non-hydrogen) atoms. The molecule has 1 fully saturated rings. The molecule has 0 atom stereocenters. The second kappa shape index (κ2) is 8.20. The van der Waals surface area contributed by atoms with E-state index in [1.807, 2.05) is 30.0 Å². The predicted molar refractivity (Wildman–Crippen MR) is 99.0 cm³/mol. The Morgan fingerprint density at radius 2 is 1.96 bits per heavy atom. The van der Waals surface area contributed by atoms with Crippen LogP contribution in [0.1, 0.15) is 18.9 Å².